The van der Waals surface area contributed by atoms with E-state index in [9.17, 15) is 0 Å². The van der Waals surface area contributed by atoms with E-state index in [1.54, 1.807) is 11.3 Å². The summed E-state index contributed by atoms with van der Waals surface area (Å²) >= 11 is 1.75. The maximum atomic E-state index is 5.80. The maximum absolute atomic E-state index is 5.80. The zero-order valence-electron chi connectivity index (χ0n) is 10.1. The Bertz CT molecular complexity index is 492. The Morgan fingerprint density at radius 1 is 1.18 bits per heavy atom. The van der Waals surface area contributed by atoms with Gasteiger partial charge in [0.1, 0.15) is 0 Å². The quantitative estimate of drug-likeness (QED) is 0.720. The molecular formula is C13H15BO2S. The van der Waals surface area contributed by atoms with E-state index in [2.05, 4.69) is 44.2 Å². The average molecular weight is 246 g/mol. The largest absolute Gasteiger partial charge is 0.504 e. The first-order valence-electron chi connectivity index (χ1n) is 5.86. The first-order chi connectivity index (χ1) is 8.14. The van der Waals surface area contributed by atoms with Crippen LogP contribution in [0.4, 0.5) is 0 Å². The molecule has 2 nitrogen and oxygen atoms in total. The molecule has 0 radical (unpaired) electrons. The highest BCUT2D eigenvalue weighted by molar-refractivity contribution is 7.28. The maximum Gasteiger partial charge on any atom is 0.504 e. The zero-order valence-corrected chi connectivity index (χ0v) is 10.9. The van der Waals surface area contributed by atoms with Crippen LogP contribution in [0.2, 0.25) is 0 Å². The Labute approximate surface area is 106 Å². The normalized spacial score (nSPS) is 19.8. The molecule has 0 N–H and O–H groups in total. The molecule has 1 aromatic carbocycles. The third-order valence-corrected chi connectivity index (χ3v) is 4.07. The number of hydrogen-bond acceptors (Lipinski definition) is 3. The Balaban J connectivity index is 1.85. The van der Waals surface area contributed by atoms with Crippen LogP contribution in [-0.2, 0) is 9.31 Å². The van der Waals surface area contributed by atoms with Gasteiger partial charge in [0.15, 0.2) is 0 Å². The molecule has 1 fully saturated rings. The molecule has 0 saturated carbocycles. The molecule has 1 aliphatic rings. The lowest BCUT2D eigenvalue weighted by molar-refractivity contribution is 0.0346. The molecule has 0 unspecified atom stereocenters. The molecule has 0 atom stereocenters. The molecule has 17 heavy (non-hydrogen) atoms. The van der Waals surface area contributed by atoms with Gasteiger partial charge in [0.2, 0.25) is 0 Å². The number of fused-ring (bicyclic) bond motifs is 1. The standard InChI is InChI=1S/C13H15BO2S/c1-13(2)8-15-14(16-9-13)12-7-10-5-3-4-6-11(10)17-12/h3-7H,8-9H2,1-2H3. The Morgan fingerprint density at radius 3 is 2.59 bits per heavy atom. The minimum Gasteiger partial charge on any atom is -0.406 e. The number of thiophene rings is 1. The van der Waals surface area contributed by atoms with Gasteiger partial charge in [-0.15, -0.1) is 11.3 Å². The van der Waals surface area contributed by atoms with Crippen LogP contribution >= 0.6 is 11.3 Å². The summed E-state index contributed by atoms with van der Waals surface area (Å²) in [4.78, 5) is 0. The van der Waals surface area contributed by atoms with E-state index in [0.29, 0.717) is 0 Å². The van der Waals surface area contributed by atoms with Crippen molar-refractivity contribution in [2.24, 2.45) is 5.41 Å². The van der Waals surface area contributed by atoms with E-state index < -0.39 is 0 Å². The molecule has 1 aliphatic heterocycles. The Morgan fingerprint density at radius 2 is 1.88 bits per heavy atom. The van der Waals surface area contributed by atoms with Crippen molar-refractivity contribution < 1.29 is 9.31 Å². The number of hydrogen-bond donors (Lipinski definition) is 0. The van der Waals surface area contributed by atoms with Gasteiger partial charge in [-0.3, -0.25) is 0 Å². The molecule has 0 aliphatic carbocycles. The zero-order chi connectivity index (χ0) is 11.9. The van der Waals surface area contributed by atoms with Crippen LogP contribution in [0.1, 0.15) is 13.8 Å². The van der Waals surface area contributed by atoms with Crippen LogP contribution in [0.5, 0.6) is 0 Å². The highest BCUT2D eigenvalue weighted by Gasteiger charge is 2.34. The lowest BCUT2D eigenvalue weighted by Gasteiger charge is -2.32. The average Bonchev–Trinajstić information content (AvgIpc) is 2.72. The van der Waals surface area contributed by atoms with Crippen molar-refractivity contribution in [2.45, 2.75) is 13.8 Å². The van der Waals surface area contributed by atoms with Crippen molar-refractivity contribution >= 4 is 33.3 Å². The summed E-state index contributed by atoms with van der Waals surface area (Å²) in [5.41, 5.74) is 0.132. The van der Waals surface area contributed by atoms with Gasteiger partial charge in [-0.1, -0.05) is 32.0 Å². The van der Waals surface area contributed by atoms with Gasteiger partial charge in [-0.2, -0.15) is 0 Å². The van der Waals surface area contributed by atoms with Crippen LogP contribution in [-0.4, -0.2) is 20.3 Å². The summed E-state index contributed by atoms with van der Waals surface area (Å²) in [6.45, 7) is 5.83. The van der Waals surface area contributed by atoms with Crippen molar-refractivity contribution in [3.05, 3.63) is 30.3 Å². The summed E-state index contributed by atoms with van der Waals surface area (Å²) in [5.74, 6) is 0. The molecule has 0 amide bonds. The second-order valence-corrected chi connectivity index (χ2v) is 6.42. The van der Waals surface area contributed by atoms with Crippen LogP contribution in [0.15, 0.2) is 30.3 Å². The molecule has 2 aromatic rings. The topological polar surface area (TPSA) is 18.5 Å². The van der Waals surface area contributed by atoms with Crippen LogP contribution in [0, 0.1) is 5.41 Å². The first kappa shape index (κ1) is 11.3. The van der Waals surface area contributed by atoms with E-state index in [0.717, 1.165) is 13.2 Å². The molecule has 1 aromatic heterocycles. The van der Waals surface area contributed by atoms with Crippen LogP contribution < -0.4 is 4.78 Å². The molecule has 0 bridgehead atoms. The van der Waals surface area contributed by atoms with E-state index in [-0.39, 0.29) is 12.5 Å². The van der Waals surface area contributed by atoms with Crippen molar-refractivity contribution in [3.8, 4) is 0 Å². The summed E-state index contributed by atoms with van der Waals surface area (Å²) in [6.07, 6.45) is 0. The van der Waals surface area contributed by atoms with E-state index in [4.69, 9.17) is 9.31 Å². The predicted octanol–water partition coefficient (Wildman–Crippen LogP) is 2.67. The summed E-state index contributed by atoms with van der Waals surface area (Å²) < 4.78 is 14.1. The van der Waals surface area contributed by atoms with Crippen molar-refractivity contribution in [1.29, 1.82) is 0 Å². The third-order valence-electron chi connectivity index (χ3n) is 2.93. The van der Waals surface area contributed by atoms with Gasteiger partial charge in [-0.25, -0.2) is 0 Å². The van der Waals surface area contributed by atoms with Crippen molar-refractivity contribution in [2.75, 3.05) is 13.2 Å². The first-order valence-corrected chi connectivity index (χ1v) is 6.67. The Hall–Kier alpha value is -0.835. The fourth-order valence-electron chi connectivity index (χ4n) is 1.98. The van der Waals surface area contributed by atoms with Gasteiger partial charge in [0, 0.05) is 28.1 Å². The van der Waals surface area contributed by atoms with Crippen LogP contribution in [0.3, 0.4) is 0 Å². The minimum atomic E-state index is -0.180. The van der Waals surface area contributed by atoms with Gasteiger partial charge < -0.3 is 9.31 Å². The van der Waals surface area contributed by atoms with E-state index in [1.807, 2.05) is 0 Å². The molecule has 3 rings (SSSR count). The number of rotatable bonds is 1. The summed E-state index contributed by atoms with van der Waals surface area (Å²) in [7, 11) is -0.180. The molecule has 4 heteroatoms. The highest BCUT2D eigenvalue weighted by atomic mass is 32.1. The van der Waals surface area contributed by atoms with Crippen LogP contribution in [0.25, 0.3) is 10.1 Å². The lowest BCUT2D eigenvalue weighted by Crippen LogP contribution is -2.46. The monoisotopic (exact) mass is 246 g/mol. The smallest absolute Gasteiger partial charge is 0.406 e. The van der Waals surface area contributed by atoms with E-state index in [1.165, 1.54) is 14.9 Å². The fourth-order valence-corrected chi connectivity index (χ4v) is 3.04. The molecule has 1 saturated heterocycles. The lowest BCUT2D eigenvalue weighted by atomic mass is 9.82. The van der Waals surface area contributed by atoms with Gasteiger partial charge in [0.25, 0.3) is 0 Å². The molecular weight excluding hydrogens is 231 g/mol. The molecule has 0 spiro atoms. The molecule has 2 heterocycles. The van der Waals surface area contributed by atoms with Crippen molar-refractivity contribution in [1.82, 2.24) is 0 Å². The summed E-state index contributed by atoms with van der Waals surface area (Å²) in [5, 5.41) is 1.27. The second-order valence-electron chi connectivity index (χ2n) is 5.30. The summed E-state index contributed by atoms with van der Waals surface area (Å²) in [6, 6.07) is 10.6. The van der Waals surface area contributed by atoms with Crippen molar-refractivity contribution in [3.63, 3.8) is 0 Å². The fraction of sp³-hybridized carbons (Fsp3) is 0.385. The SMILES string of the molecule is CC1(C)COB(c2cc3ccccc3s2)OC1. The predicted molar refractivity (Wildman–Crippen MR) is 72.9 cm³/mol. The minimum absolute atomic E-state index is 0.132. The van der Waals surface area contributed by atoms with Gasteiger partial charge in [0.05, 0.1) is 0 Å². The Kier molecular flexibility index (Phi) is 2.73. The number of benzene rings is 1. The second kappa shape index (κ2) is 4.12. The van der Waals surface area contributed by atoms with Gasteiger partial charge in [-0.05, 0) is 17.5 Å². The van der Waals surface area contributed by atoms with E-state index >= 15 is 0 Å². The molecule has 88 valence electrons. The third kappa shape index (κ3) is 2.25. The van der Waals surface area contributed by atoms with Gasteiger partial charge >= 0.3 is 7.12 Å². The highest BCUT2D eigenvalue weighted by Crippen LogP contribution is 2.24.